The highest BCUT2D eigenvalue weighted by Crippen LogP contribution is 2.58. The van der Waals surface area contributed by atoms with E-state index in [2.05, 4.69) is 176 Å². The average molecular weight is 700 g/mol. The number of hydrogen-bond donors (Lipinski definition) is 0. The van der Waals surface area contributed by atoms with Crippen molar-refractivity contribution in [2.24, 2.45) is 0 Å². The minimum atomic E-state index is 0.549. The standard InChI is InChI=1S/C54H37N/c1-3-10-33(11-4-1)37-16-8-18-39(26-37)44-29-45(40-19-9-17-38(27-40)34-12-5-2-6-13-34)31-46(30-44)53-52-42-23-22-41(28-42)51(52)48-32-43-21-20-35-14-7-15-36-24-25-47(54(48)55-53)50(43)49(35)36/h1-21,24-27,29-32,41-42H,22-23,28H2. The van der Waals surface area contributed by atoms with E-state index in [0.29, 0.717) is 11.8 Å². The van der Waals surface area contributed by atoms with Crippen molar-refractivity contribution in [1.82, 2.24) is 4.98 Å². The molecule has 2 aliphatic rings. The van der Waals surface area contributed by atoms with Crippen LogP contribution in [0.5, 0.6) is 0 Å². The van der Waals surface area contributed by atoms with Crippen LogP contribution in [0.1, 0.15) is 42.2 Å². The molecule has 1 heterocycles. The summed E-state index contributed by atoms with van der Waals surface area (Å²) in [6, 6.07) is 65.2. The number of aromatic nitrogens is 1. The van der Waals surface area contributed by atoms with Gasteiger partial charge in [-0.3, -0.25) is 0 Å². The molecule has 55 heavy (non-hydrogen) atoms. The highest BCUT2D eigenvalue weighted by molar-refractivity contribution is 6.28. The van der Waals surface area contributed by atoms with Gasteiger partial charge >= 0.3 is 0 Å². The quantitative estimate of drug-likeness (QED) is 0.129. The Balaban J connectivity index is 1.13. The van der Waals surface area contributed by atoms with E-state index >= 15 is 0 Å². The molecular formula is C54H37N. The number of nitrogens with zero attached hydrogens (tertiary/aromatic N) is 1. The zero-order valence-corrected chi connectivity index (χ0v) is 30.5. The third kappa shape index (κ3) is 4.83. The summed E-state index contributed by atoms with van der Waals surface area (Å²) in [6.07, 6.45) is 3.75. The van der Waals surface area contributed by atoms with Crippen molar-refractivity contribution in [3.05, 3.63) is 187 Å². The summed E-state index contributed by atoms with van der Waals surface area (Å²) in [7, 11) is 0. The molecule has 2 atom stereocenters. The summed E-state index contributed by atoms with van der Waals surface area (Å²) in [5.41, 5.74) is 16.3. The number of rotatable bonds is 5. The second-order valence-corrected chi connectivity index (χ2v) is 15.8. The lowest BCUT2D eigenvalue weighted by Crippen LogP contribution is -2.05. The highest BCUT2D eigenvalue weighted by Gasteiger charge is 2.41. The molecule has 0 N–H and O–H groups in total. The van der Waals surface area contributed by atoms with E-state index in [9.17, 15) is 0 Å². The van der Waals surface area contributed by atoms with E-state index in [-0.39, 0.29) is 0 Å². The molecule has 0 radical (unpaired) electrons. The van der Waals surface area contributed by atoms with Gasteiger partial charge in [0, 0.05) is 16.3 Å². The first-order valence-corrected chi connectivity index (χ1v) is 19.7. The summed E-state index contributed by atoms with van der Waals surface area (Å²) in [5.74, 6) is 1.14. The Labute approximate surface area is 320 Å². The van der Waals surface area contributed by atoms with Crippen molar-refractivity contribution in [2.45, 2.75) is 31.1 Å². The van der Waals surface area contributed by atoms with Gasteiger partial charge in [-0.2, -0.15) is 0 Å². The normalized spacial score (nSPS) is 16.1. The van der Waals surface area contributed by atoms with Crippen molar-refractivity contribution in [1.29, 1.82) is 0 Å². The third-order valence-corrected chi connectivity index (χ3v) is 12.7. The molecule has 2 bridgehead atoms. The fourth-order valence-corrected chi connectivity index (χ4v) is 10.3. The van der Waals surface area contributed by atoms with Crippen molar-refractivity contribution in [3.63, 3.8) is 0 Å². The minimum Gasteiger partial charge on any atom is -0.247 e. The van der Waals surface area contributed by atoms with Gasteiger partial charge in [0.2, 0.25) is 0 Å². The van der Waals surface area contributed by atoms with E-state index in [1.807, 2.05) is 0 Å². The van der Waals surface area contributed by atoms with Crippen LogP contribution < -0.4 is 0 Å². The zero-order chi connectivity index (χ0) is 36.0. The summed E-state index contributed by atoms with van der Waals surface area (Å²) >= 11 is 0. The second-order valence-electron chi connectivity index (χ2n) is 15.8. The van der Waals surface area contributed by atoms with E-state index < -0.39 is 0 Å². The topological polar surface area (TPSA) is 12.9 Å². The maximum absolute atomic E-state index is 5.84. The van der Waals surface area contributed by atoms with Gasteiger partial charge in [-0.25, -0.2) is 4.98 Å². The first-order chi connectivity index (χ1) is 27.2. The summed E-state index contributed by atoms with van der Waals surface area (Å²) < 4.78 is 0. The number of fused-ring (bicyclic) bond motifs is 8. The first kappa shape index (κ1) is 30.8. The molecule has 1 aromatic heterocycles. The monoisotopic (exact) mass is 699 g/mol. The fraction of sp³-hybridized carbons (Fsp3) is 0.0926. The van der Waals surface area contributed by atoms with Gasteiger partial charge in [0.25, 0.3) is 0 Å². The molecule has 0 aliphatic heterocycles. The molecule has 2 unspecified atom stereocenters. The van der Waals surface area contributed by atoms with Crippen molar-refractivity contribution in [2.75, 3.05) is 0 Å². The van der Waals surface area contributed by atoms with Crippen molar-refractivity contribution in [3.8, 4) is 55.8 Å². The fourth-order valence-electron chi connectivity index (χ4n) is 10.3. The third-order valence-electron chi connectivity index (χ3n) is 12.7. The molecular weight excluding hydrogens is 663 g/mol. The largest absolute Gasteiger partial charge is 0.247 e. The molecule has 9 aromatic carbocycles. The van der Waals surface area contributed by atoms with Gasteiger partial charge in [-0.15, -0.1) is 0 Å². The molecule has 2 aliphatic carbocycles. The molecule has 1 heteroatoms. The summed E-state index contributed by atoms with van der Waals surface area (Å²) in [5, 5.41) is 9.24. The number of benzene rings is 9. The Morgan fingerprint density at radius 2 is 0.836 bits per heavy atom. The van der Waals surface area contributed by atoms with Crippen molar-refractivity contribution < 1.29 is 0 Å². The van der Waals surface area contributed by atoms with E-state index in [0.717, 1.165) is 5.52 Å². The van der Waals surface area contributed by atoms with Crippen LogP contribution >= 0.6 is 0 Å². The van der Waals surface area contributed by atoms with Crippen LogP contribution in [0.3, 0.4) is 0 Å². The van der Waals surface area contributed by atoms with E-state index in [4.69, 9.17) is 4.98 Å². The Hall–Kier alpha value is -6.57. The Kier molecular flexibility index (Phi) is 6.71. The molecule has 1 saturated carbocycles. The zero-order valence-electron chi connectivity index (χ0n) is 30.5. The molecule has 0 amide bonds. The Morgan fingerprint density at radius 3 is 1.47 bits per heavy atom. The van der Waals surface area contributed by atoms with Crippen LogP contribution in [-0.4, -0.2) is 4.98 Å². The lowest BCUT2D eigenvalue weighted by molar-refractivity contribution is 0.720. The van der Waals surface area contributed by atoms with Gasteiger partial charge in [-0.05, 0) is 150 Å². The molecule has 1 nitrogen and oxygen atoms in total. The average Bonchev–Trinajstić information content (AvgIpc) is 3.89. The minimum absolute atomic E-state index is 0.549. The highest BCUT2D eigenvalue weighted by atomic mass is 14.7. The summed E-state index contributed by atoms with van der Waals surface area (Å²) in [4.78, 5) is 5.84. The van der Waals surface area contributed by atoms with Crippen LogP contribution in [0.25, 0.3) is 99.0 Å². The van der Waals surface area contributed by atoms with Gasteiger partial charge < -0.3 is 0 Å². The van der Waals surface area contributed by atoms with Gasteiger partial charge in [0.1, 0.15) is 0 Å². The Bertz CT molecular complexity index is 3000. The molecule has 0 spiro atoms. The van der Waals surface area contributed by atoms with E-state index in [1.54, 1.807) is 5.56 Å². The predicted molar refractivity (Wildman–Crippen MR) is 232 cm³/mol. The van der Waals surface area contributed by atoms with Crippen LogP contribution in [0.4, 0.5) is 0 Å². The lowest BCUT2D eigenvalue weighted by Gasteiger charge is -2.23. The van der Waals surface area contributed by atoms with Crippen LogP contribution in [0, 0.1) is 0 Å². The molecule has 1 fully saturated rings. The smallest absolute Gasteiger partial charge is 0.0791 e. The van der Waals surface area contributed by atoms with Gasteiger partial charge in [0.15, 0.2) is 0 Å². The van der Waals surface area contributed by atoms with Gasteiger partial charge in [0.05, 0.1) is 11.2 Å². The maximum Gasteiger partial charge on any atom is 0.0791 e. The molecule has 10 aromatic rings. The van der Waals surface area contributed by atoms with Crippen molar-refractivity contribution >= 4 is 43.2 Å². The molecule has 12 rings (SSSR count). The molecule has 258 valence electrons. The first-order valence-electron chi connectivity index (χ1n) is 19.7. The Morgan fingerprint density at radius 1 is 0.345 bits per heavy atom. The van der Waals surface area contributed by atoms with Gasteiger partial charge in [-0.1, -0.05) is 140 Å². The second kappa shape index (κ2) is 12.0. The van der Waals surface area contributed by atoms with Crippen LogP contribution in [-0.2, 0) is 0 Å². The molecule has 0 saturated heterocycles. The summed E-state index contributed by atoms with van der Waals surface area (Å²) in [6.45, 7) is 0. The SMILES string of the molecule is c1ccc(-c2cccc(-c3cc(-c4cccc(-c5ccccc5)c4)cc(-c4nc5c(cc6ccc7cccc8ccc5c6c78)c5c4C4CCC5C4)c3)c2)cc1. The maximum atomic E-state index is 5.84. The predicted octanol–water partition coefficient (Wildman–Crippen LogP) is 14.8. The van der Waals surface area contributed by atoms with Crippen LogP contribution in [0.15, 0.2) is 176 Å². The number of pyridine rings is 1. The van der Waals surface area contributed by atoms with E-state index in [1.165, 1.54) is 118 Å². The van der Waals surface area contributed by atoms with Crippen LogP contribution in [0.2, 0.25) is 0 Å². The lowest BCUT2D eigenvalue weighted by atomic mass is 9.83. The number of hydrogen-bond acceptors (Lipinski definition) is 1.